The van der Waals surface area contributed by atoms with Gasteiger partial charge in [0.05, 0.1) is 13.6 Å². The molecular weight excluding hydrogens is 344 g/mol. The summed E-state index contributed by atoms with van der Waals surface area (Å²) in [4.78, 5) is 26.1. The van der Waals surface area contributed by atoms with E-state index in [4.69, 9.17) is 0 Å². The summed E-state index contributed by atoms with van der Waals surface area (Å²) in [5, 5.41) is 13.2. The topological polar surface area (TPSA) is 69.7 Å². The summed E-state index contributed by atoms with van der Waals surface area (Å²) in [5.41, 5.74) is 1.73. The number of aromatic nitrogens is 2. The first-order valence-corrected chi connectivity index (χ1v) is 8.56. The number of rotatable bonds is 3. The summed E-state index contributed by atoms with van der Waals surface area (Å²) in [7, 11) is 1.80. The molecule has 0 bridgehead atoms. The van der Waals surface area contributed by atoms with E-state index in [1.807, 2.05) is 30.3 Å². The Kier molecular flexibility index (Phi) is 4.21. The summed E-state index contributed by atoms with van der Waals surface area (Å²) >= 11 is 0. The van der Waals surface area contributed by atoms with E-state index in [0.717, 1.165) is 10.6 Å². The minimum Gasteiger partial charge on any atom is -0.368 e. The summed E-state index contributed by atoms with van der Waals surface area (Å²) in [6.45, 7) is 0.151. The molecule has 1 atom stereocenters. The predicted molar refractivity (Wildman–Crippen MR) is 96.0 cm³/mol. The van der Waals surface area contributed by atoms with Crippen LogP contribution in [0.1, 0.15) is 27.7 Å². The van der Waals surface area contributed by atoms with Crippen LogP contribution in [0.2, 0.25) is 0 Å². The van der Waals surface area contributed by atoms with E-state index in [2.05, 4.69) is 0 Å². The van der Waals surface area contributed by atoms with Gasteiger partial charge >= 0.3 is 6.03 Å². The summed E-state index contributed by atoms with van der Waals surface area (Å²) in [6, 6.07) is 15.8. The van der Waals surface area contributed by atoms with Gasteiger partial charge in [-0.1, -0.05) is 48.5 Å². The molecule has 1 unspecified atom stereocenters. The van der Waals surface area contributed by atoms with Crippen molar-refractivity contribution in [2.45, 2.75) is 12.8 Å². The molecule has 0 radical (unpaired) electrons. The Labute approximate surface area is 156 Å². The zero-order chi connectivity index (χ0) is 19.0. The summed E-state index contributed by atoms with van der Waals surface area (Å²) < 4.78 is 3.11. The number of aliphatic hydroxyl groups is 1. The van der Waals surface area contributed by atoms with Crippen molar-refractivity contribution in [1.29, 1.82) is 0 Å². The maximum Gasteiger partial charge on any atom is 0.435 e. The lowest BCUT2D eigenvalue weighted by molar-refractivity contribution is -0.670. The Hall–Kier alpha value is -3.45. The molecule has 1 aromatic heterocycles. The van der Waals surface area contributed by atoms with E-state index >= 15 is 0 Å². The van der Waals surface area contributed by atoms with Gasteiger partial charge < -0.3 is 5.11 Å². The minimum atomic E-state index is -1.22. The van der Waals surface area contributed by atoms with E-state index in [-0.39, 0.29) is 6.54 Å². The number of carbonyl (C=O) groups excluding carboxylic acids is 2. The largest absolute Gasteiger partial charge is 0.435 e. The maximum atomic E-state index is 13.2. The lowest BCUT2D eigenvalue weighted by Gasteiger charge is -2.32. The molecule has 0 spiro atoms. The van der Waals surface area contributed by atoms with E-state index in [9.17, 15) is 14.7 Å². The molecule has 0 saturated heterocycles. The zero-order valence-electron chi connectivity index (χ0n) is 14.8. The van der Waals surface area contributed by atoms with Gasteiger partial charge in [0.15, 0.2) is 6.23 Å². The van der Waals surface area contributed by atoms with Crippen molar-refractivity contribution < 1.29 is 19.3 Å². The smallest absolute Gasteiger partial charge is 0.368 e. The SMILES string of the molecule is C[n+]1ccn(C(=O)N(Cc2ccccc2)N2C(=O)c3ccccc3C2O)c1. The summed E-state index contributed by atoms with van der Waals surface area (Å²) in [5.74, 6) is -0.404. The lowest BCUT2D eigenvalue weighted by atomic mass is 10.1. The number of aryl methyl sites for hydroxylation is 1. The third kappa shape index (κ3) is 2.98. The van der Waals surface area contributed by atoms with Gasteiger partial charge in [-0.25, -0.2) is 19.4 Å². The molecule has 136 valence electrons. The first-order chi connectivity index (χ1) is 13.1. The Morgan fingerprint density at radius 1 is 1.15 bits per heavy atom. The average Bonchev–Trinajstić information content (AvgIpc) is 3.23. The molecular formula is C20H19N4O3+. The van der Waals surface area contributed by atoms with Gasteiger partial charge in [0.25, 0.3) is 12.2 Å². The van der Waals surface area contributed by atoms with Crippen molar-refractivity contribution in [1.82, 2.24) is 14.6 Å². The van der Waals surface area contributed by atoms with Gasteiger partial charge in [-0.05, 0) is 11.6 Å². The number of amides is 2. The van der Waals surface area contributed by atoms with Crippen LogP contribution >= 0.6 is 0 Å². The molecule has 2 aromatic carbocycles. The van der Waals surface area contributed by atoms with E-state index in [1.165, 1.54) is 9.58 Å². The van der Waals surface area contributed by atoms with Crippen molar-refractivity contribution in [3.8, 4) is 0 Å². The van der Waals surface area contributed by atoms with Crippen molar-refractivity contribution in [3.05, 3.63) is 90.0 Å². The Morgan fingerprint density at radius 2 is 1.85 bits per heavy atom. The second-order valence-electron chi connectivity index (χ2n) is 6.42. The van der Waals surface area contributed by atoms with E-state index in [1.54, 1.807) is 54.6 Å². The molecule has 3 aromatic rings. The Morgan fingerprint density at radius 3 is 2.52 bits per heavy atom. The maximum absolute atomic E-state index is 13.2. The van der Waals surface area contributed by atoms with Crippen molar-refractivity contribution in [3.63, 3.8) is 0 Å². The third-order valence-corrected chi connectivity index (χ3v) is 4.56. The van der Waals surface area contributed by atoms with Crippen LogP contribution in [0.4, 0.5) is 4.79 Å². The summed E-state index contributed by atoms with van der Waals surface area (Å²) in [6.07, 6.45) is 3.74. The first-order valence-electron chi connectivity index (χ1n) is 8.56. The van der Waals surface area contributed by atoms with Crippen LogP contribution < -0.4 is 4.57 Å². The quantitative estimate of drug-likeness (QED) is 0.722. The number of benzene rings is 2. The van der Waals surface area contributed by atoms with Gasteiger partial charge in [0.2, 0.25) is 0 Å². The number of carbonyl (C=O) groups is 2. The van der Waals surface area contributed by atoms with Crippen LogP contribution in [0.15, 0.2) is 73.3 Å². The molecule has 0 saturated carbocycles. The fourth-order valence-electron chi connectivity index (χ4n) is 3.21. The van der Waals surface area contributed by atoms with Crippen molar-refractivity contribution >= 4 is 11.9 Å². The highest BCUT2D eigenvalue weighted by molar-refractivity contribution is 5.99. The molecule has 2 amide bonds. The number of hydrogen-bond acceptors (Lipinski definition) is 3. The van der Waals surface area contributed by atoms with E-state index < -0.39 is 18.2 Å². The standard InChI is InChI=1S/C20H19N4O3/c1-21-11-12-22(14-21)20(27)23(13-15-7-3-2-4-8-15)24-18(25)16-9-5-6-10-17(16)19(24)26/h2-12,14,18,25H,13H2,1H3/q+1. The number of nitrogens with zero attached hydrogens (tertiary/aromatic N) is 4. The molecule has 1 aliphatic rings. The molecule has 7 nitrogen and oxygen atoms in total. The van der Waals surface area contributed by atoms with Crippen LogP contribution in [0.3, 0.4) is 0 Å². The van der Waals surface area contributed by atoms with Gasteiger partial charge in [-0.2, -0.15) is 4.57 Å². The van der Waals surface area contributed by atoms with Gasteiger partial charge in [-0.3, -0.25) is 4.79 Å². The fourth-order valence-corrected chi connectivity index (χ4v) is 3.21. The number of hydrogen-bond donors (Lipinski definition) is 1. The number of fused-ring (bicyclic) bond motifs is 1. The highest BCUT2D eigenvalue weighted by Crippen LogP contribution is 2.33. The number of hydrazine groups is 1. The molecule has 0 fully saturated rings. The van der Waals surface area contributed by atoms with Crippen LogP contribution in [-0.4, -0.2) is 31.6 Å². The molecule has 7 heteroatoms. The highest BCUT2D eigenvalue weighted by Gasteiger charge is 2.42. The van der Waals surface area contributed by atoms with Crippen LogP contribution in [-0.2, 0) is 13.6 Å². The fraction of sp³-hybridized carbons (Fsp3) is 0.150. The molecule has 0 aliphatic carbocycles. The minimum absolute atomic E-state index is 0.151. The van der Waals surface area contributed by atoms with Crippen LogP contribution in [0.5, 0.6) is 0 Å². The number of aliphatic hydroxyl groups excluding tert-OH is 1. The Bertz CT molecular complexity index is 999. The Balaban J connectivity index is 1.74. The highest BCUT2D eigenvalue weighted by atomic mass is 16.3. The molecule has 1 N–H and O–H groups in total. The molecule has 27 heavy (non-hydrogen) atoms. The van der Waals surface area contributed by atoms with Crippen LogP contribution in [0, 0.1) is 0 Å². The normalized spacial score (nSPS) is 15.7. The molecule has 1 aliphatic heterocycles. The second-order valence-corrected chi connectivity index (χ2v) is 6.42. The average molecular weight is 363 g/mol. The van der Waals surface area contributed by atoms with Crippen molar-refractivity contribution in [2.24, 2.45) is 7.05 Å². The van der Waals surface area contributed by atoms with Gasteiger partial charge in [0.1, 0.15) is 12.4 Å². The van der Waals surface area contributed by atoms with Crippen LogP contribution in [0.25, 0.3) is 0 Å². The van der Waals surface area contributed by atoms with Gasteiger partial charge in [-0.15, -0.1) is 0 Å². The van der Waals surface area contributed by atoms with Gasteiger partial charge in [0, 0.05) is 11.1 Å². The molecule has 4 rings (SSSR count). The second kappa shape index (κ2) is 6.69. The zero-order valence-corrected chi connectivity index (χ0v) is 14.8. The lowest BCUT2D eigenvalue weighted by Crippen LogP contribution is -2.49. The first kappa shape index (κ1) is 17.0. The van der Waals surface area contributed by atoms with E-state index in [0.29, 0.717) is 11.1 Å². The molecule has 2 heterocycles. The third-order valence-electron chi connectivity index (χ3n) is 4.56. The predicted octanol–water partition coefficient (Wildman–Crippen LogP) is 1.84. The monoisotopic (exact) mass is 363 g/mol. The number of imidazole rings is 1. The van der Waals surface area contributed by atoms with Crippen molar-refractivity contribution in [2.75, 3.05) is 0 Å².